The van der Waals surface area contributed by atoms with Crippen molar-refractivity contribution < 1.29 is 14.3 Å². The first-order chi connectivity index (χ1) is 13.6. The number of H-pyrrole nitrogens is 1. The fourth-order valence-electron chi connectivity index (χ4n) is 3.30. The number of amides is 2. The van der Waals surface area contributed by atoms with Gasteiger partial charge in [-0.05, 0) is 36.4 Å². The van der Waals surface area contributed by atoms with E-state index >= 15 is 0 Å². The molecule has 0 unspecified atom stereocenters. The molecule has 1 saturated heterocycles. The molecule has 6 nitrogen and oxygen atoms in total. The lowest BCUT2D eigenvalue weighted by molar-refractivity contribution is -0.134. The zero-order chi connectivity index (χ0) is 19.5. The average molecular weight is 398 g/mol. The van der Waals surface area contributed by atoms with Crippen molar-refractivity contribution in [1.29, 1.82) is 0 Å². The highest BCUT2D eigenvalue weighted by Gasteiger charge is 2.25. The normalized spacial score (nSPS) is 14.3. The van der Waals surface area contributed by atoms with Crippen molar-refractivity contribution in [3.05, 3.63) is 65.3 Å². The molecular weight excluding hydrogens is 378 g/mol. The van der Waals surface area contributed by atoms with Crippen molar-refractivity contribution in [2.45, 2.75) is 0 Å². The highest BCUT2D eigenvalue weighted by Crippen LogP contribution is 2.21. The number of aromatic nitrogens is 1. The first kappa shape index (κ1) is 18.4. The Morgan fingerprint density at radius 1 is 0.964 bits per heavy atom. The first-order valence-corrected chi connectivity index (χ1v) is 9.51. The molecule has 2 amide bonds. The van der Waals surface area contributed by atoms with Crippen molar-refractivity contribution in [2.24, 2.45) is 0 Å². The van der Waals surface area contributed by atoms with Gasteiger partial charge in [-0.15, -0.1) is 0 Å². The molecule has 0 atom stereocenters. The standard InChI is InChI=1S/C21H20ClN3O3/c22-16-6-7-18-15(12-16)13-19(23-18)21(27)25-10-8-24(9-11-25)20(26)14-28-17-4-2-1-3-5-17/h1-7,12-13,23H,8-11,14H2. The lowest BCUT2D eigenvalue weighted by atomic mass is 10.2. The first-order valence-electron chi connectivity index (χ1n) is 9.13. The number of piperazine rings is 1. The molecule has 4 rings (SSSR count). The second-order valence-electron chi connectivity index (χ2n) is 6.69. The number of para-hydroxylation sites is 1. The summed E-state index contributed by atoms with van der Waals surface area (Å²) in [5.41, 5.74) is 1.41. The van der Waals surface area contributed by atoms with E-state index < -0.39 is 0 Å². The third kappa shape index (κ3) is 3.97. The van der Waals surface area contributed by atoms with E-state index in [1.165, 1.54) is 0 Å². The fourth-order valence-corrected chi connectivity index (χ4v) is 3.48. The van der Waals surface area contributed by atoms with Crippen LogP contribution in [0.3, 0.4) is 0 Å². The molecule has 0 radical (unpaired) electrons. The van der Waals surface area contributed by atoms with Crippen molar-refractivity contribution in [3.63, 3.8) is 0 Å². The summed E-state index contributed by atoms with van der Waals surface area (Å²) in [4.78, 5) is 31.8. The van der Waals surface area contributed by atoms with Crippen molar-refractivity contribution in [3.8, 4) is 5.75 Å². The van der Waals surface area contributed by atoms with E-state index in [4.69, 9.17) is 16.3 Å². The Bertz CT molecular complexity index is 995. The van der Waals surface area contributed by atoms with Gasteiger partial charge in [-0.25, -0.2) is 0 Å². The van der Waals surface area contributed by atoms with Crippen LogP contribution < -0.4 is 4.74 Å². The van der Waals surface area contributed by atoms with Crippen LogP contribution in [0.25, 0.3) is 10.9 Å². The Kier molecular flexibility index (Phi) is 5.21. The van der Waals surface area contributed by atoms with Crippen molar-refractivity contribution in [1.82, 2.24) is 14.8 Å². The number of halogens is 1. The quantitative estimate of drug-likeness (QED) is 0.735. The van der Waals surface area contributed by atoms with Crippen LogP contribution in [0.4, 0.5) is 0 Å². The molecule has 0 saturated carbocycles. The van der Waals surface area contributed by atoms with Gasteiger partial charge in [0.1, 0.15) is 11.4 Å². The van der Waals surface area contributed by atoms with E-state index in [-0.39, 0.29) is 18.4 Å². The summed E-state index contributed by atoms with van der Waals surface area (Å²) in [5.74, 6) is 0.528. The van der Waals surface area contributed by atoms with Crippen LogP contribution in [0.2, 0.25) is 5.02 Å². The highest BCUT2D eigenvalue weighted by molar-refractivity contribution is 6.31. The third-order valence-corrected chi connectivity index (χ3v) is 5.07. The third-order valence-electron chi connectivity index (χ3n) is 4.84. The van der Waals surface area contributed by atoms with E-state index in [1.54, 1.807) is 15.9 Å². The topological polar surface area (TPSA) is 65.6 Å². The molecule has 1 fully saturated rings. The second kappa shape index (κ2) is 7.94. The predicted molar refractivity (Wildman–Crippen MR) is 108 cm³/mol. The summed E-state index contributed by atoms with van der Waals surface area (Å²) in [6.07, 6.45) is 0. The molecule has 144 valence electrons. The number of carbonyl (C=O) groups is 2. The molecule has 0 spiro atoms. The monoisotopic (exact) mass is 397 g/mol. The molecule has 1 aliphatic rings. The number of rotatable bonds is 4. The van der Waals surface area contributed by atoms with Crippen LogP contribution >= 0.6 is 11.6 Å². The number of aromatic amines is 1. The lowest BCUT2D eigenvalue weighted by Crippen LogP contribution is -2.51. The summed E-state index contributed by atoms with van der Waals surface area (Å²) in [5, 5.41) is 1.54. The number of benzene rings is 2. The Hall–Kier alpha value is -2.99. The molecule has 1 N–H and O–H groups in total. The van der Waals surface area contributed by atoms with Crippen molar-refractivity contribution in [2.75, 3.05) is 32.8 Å². The zero-order valence-corrected chi connectivity index (χ0v) is 16.0. The molecule has 7 heteroatoms. The lowest BCUT2D eigenvalue weighted by Gasteiger charge is -2.34. The number of nitrogens with zero attached hydrogens (tertiary/aromatic N) is 2. The Morgan fingerprint density at radius 2 is 1.68 bits per heavy atom. The van der Waals surface area contributed by atoms with Crippen LogP contribution in [0.15, 0.2) is 54.6 Å². The number of hydrogen-bond acceptors (Lipinski definition) is 3. The Morgan fingerprint density at radius 3 is 2.43 bits per heavy atom. The number of fused-ring (bicyclic) bond motifs is 1. The molecule has 1 aliphatic heterocycles. The maximum Gasteiger partial charge on any atom is 0.270 e. The summed E-state index contributed by atoms with van der Waals surface area (Å²) in [6.45, 7) is 1.97. The second-order valence-corrected chi connectivity index (χ2v) is 7.13. The summed E-state index contributed by atoms with van der Waals surface area (Å²) in [7, 11) is 0. The zero-order valence-electron chi connectivity index (χ0n) is 15.2. The minimum atomic E-state index is -0.0730. The van der Waals surface area contributed by atoms with E-state index in [9.17, 15) is 9.59 Å². The van der Waals surface area contributed by atoms with E-state index in [0.29, 0.717) is 42.6 Å². The van der Waals surface area contributed by atoms with Gasteiger partial charge in [-0.2, -0.15) is 0 Å². The van der Waals surface area contributed by atoms with Gasteiger partial charge in [-0.3, -0.25) is 9.59 Å². The predicted octanol–water partition coefficient (Wildman–Crippen LogP) is 3.18. The molecule has 2 heterocycles. The SMILES string of the molecule is O=C(COc1ccccc1)N1CCN(C(=O)c2cc3cc(Cl)ccc3[nH]2)CC1. The minimum absolute atomic E-state index is 0.000731. The molecule has 3 aromatic rings. The van der Waals surface area contributed by atoms with Gasteiger partial charge in [0.25, 0.3) is 11.8 Å². The summed E-state index contributed by atoms with van der Waals surface area (Å²) < 4.78 is 5.52. The van der Waals surface area contributed by atoms with Gasteiger partial charge in [0.15, 0.2) is 6.61 Å². The van der Waals surface area contributed by atoms with Crippen LogP contribution in [-0.4, -0.2) is 59.4 Å². The molecule has 1 aromatic heterocycles. The number of ether oxygens (including phenoxy) is 1. The number of nitrogens with one attached hydrogen (secondary N) is 1. The molecule has 2 aromatic carbocycles. The summed E-state index contributed by atoms with van der Waals surface area (Å²) >= 11 is 6.01. The van der Waals surface area contributed by atoms with Gasteiger partial charge < -0.3 is 19.5 Å². The molecular formula is C21H20ClN3O3. The fraction of sp³-hybridized carbons (Fsp3) is 0.238. The van der Waals surface area contributed by atoms with E-state index in [0.717, 1.165) is 10.9 Å². The smallest absolute Gasteiger partial charge is 0.270 e. The highest BCUT2D eigenvalue weighted by atomic mass is 35.5. The van der Waals surface area contributed by atoms with Gasteiger partial charge in [0.2, 0.25) is 0 Å². The maximum absolute atomic E-state index is 12.8. The van der Waals surface area contributed by atoms with Crippen LogP contribution in [0.1, 0.15) is 10.5 Å². The number of carbonyl (C=O) groups excluding carboxylic acids is 2. The van der Waals surface area contributed by atoms with Gasteiger partial charge >= 0.3 is 0 Å². The Labute approximate surface area is 167 Å². The maximum atomic E-state index is 12.8. The van der Waals surface area contributed by atoms with Crippen molar-refractivity contribution >= 4 is 34.3 Å². The van der Waals surface area contributed by atoms with Gasteiger partial charge in [0.05, 0.1) is 0 Å². The Balaban J connectivity index is 1.32. The molecule has 0 aliphatic carbocycles. The molecule has 0 bridgehead atoms. The van der Waals surface area contributed by atoms with E-state index in [2.05, 4.69) is 4.98 Å². The largest absolute Gasteiger partial charge is 0.484 e. The van der Waals surface area contributed by atoms with Crippen LogP contribution in [0, 0.1) is 0 Å². The average Bonchev–Trinajstić information content (AvgIpc) is 3.15. The number of hydrogen-bond donors (Lipinski definition) is 1. The summed E-state index contributed by atoms with van der Waals surface area (Å²) in [6, 6.07) is 16.5. The van der Waals surface area contributed by atoms with Crippen LogP contribution in [0.5, 0.6) is 5.75 Å². The van der Waals surface area contributed by atoms with E-state index in [1.807, 2.05) is 48.5 Å². The minimum Gasteiger partial charge on any atom is -0.484 e. The van der Waals surface area contributed by atoms with Gasteiger partial charge in [-0.1, -0.05) is 29.8 Å². The van der Waals surface area contributed by atoms with Gasteiger partial charge in [0, 0.05) is 42.1 Å². The molecule has 28 heavy (non-hydrogen) atoms. The van der Waals surface area contributed by atoms with Crippen LogP contribution in [-0.2, 0) is 4.79 Å².